The Labute approximate surface area is 234 Å². The van der Waals surface area contributed by atoms with E-state index in [9.17, 15) is 14.4 Å². The lowest BCUT2D eigenvalue weighted by Gasteiger charge is -2.26. The fraction of sp³-hybridized carbons (Fsp3) is 0.897. The van der Waals surface area contributed by atoms with E-state index in [0.29, 0.717) is 36.5 Å². The maximum Gasteiger partial charge on any atom is 0.146 e. The molecule has 4 N–H and O–H groups in total. The largest absolute Gasteiger partial charge is 0.320 e. The van der Waals surface area contributed by atoms with Crippen molar-refractivity contribution >= 4 is 17.3 Å². The number of carbonyl (C=O) groups is 3. The number of likely N-dealkylation sites (N-methyl/N-ethyl adjacent to an activating group) is 2. The van der Waals surface area contributed by atoms with E-state index < -0.39 is 0 Å². The number of ketones is 3. The Balaban J connectivity index is 0. The highest BCUT2D eigenvalue weighted by Crippen LogP contribution is 2.20. The average molecular weight is 543 g/mol. The first kappa shape index (κ1) is 38.9. The van der Waals surface area contributed by atoms with Gasteiger partial charge in [0.2, 0.25) is 0 Å². The van der Waals surface area contributed by atoms with E-state index in [1.54, 1.807) is 20.8 Å². The summed E-state index contributed by atoms with van der Waals surface area (Å²) < 4.78 is 0. The number of carbonyl (C=O) groups excluding carboxylic acids is 3. The summed E-state index contributed by atoms with van der Waals surface area (Å²) in [5.74, 6) is 0.774. The SMILES string of the molecule is CNC1CC(C(C)=O)N(C(C)C)C1.CNCCCC(NC(C)C)C(C)=O.CNCCN(CC(C)=O)C(C)C. The summed E-state index contributed by atoms with van der Waals surface area (Å²) in [5, 5.41) is 12.7. The topological polar surface area (TPSA) is 106 Å². The van der Waals surface area contributed by atoms with Crippen LogP contribution in [0, 0.1) is 0 Å². The van der Waals surface area contributed by atoms with Gasteiger partial charge in [0.1, 0.15) is 17.3 Å². The average Bonchev–Trinajstić information content (AvgIpc) is 3.27. The molecule has 0 aromatic rings. The van der Waals surface area contributed by atoms with Gasteiger partial charge in [-0.2, -0.15) is 0 Å². The second-order valence-electron chi connectivity index (χ2n) is 11.2. The van der Waals surface area contributed by atoms with Crippen LogP contribution in [0.25, 0.3) is 0 Å². The molecule has 3 unspecified atom stereocenters. The van der Waals surface area contributed by atoms with Crippen molar-refractivity contribution in [2.24, 2.45) is 0 Å². The maximum absolute atomic E-state index is 11.4. The molecule has 0 bridgehead atoms. The zero-order valence-corrected chi connectivity index (χ0v) is 26.7. The smallest absolute Gasteiger partial charge is 0.146 e. The third-order valence-corrected chi connectivity index (χ3v) is 6.63. The van der Waals surface area contributed by atoms with Gasteiger partial charge < -0.3 is 21.3 Å². The first-order valence-corrected chi connectivity index (χ1v) is 14.4. The molecule has 1 heterocycles. The molecule has 9 heteroatoms. The molecule has 1 aliphatic heterocycles. The molecule has 0 saturated carbocycles. The molecular formula is C29H62N6O3. The van der Waals surface area contributed by atoms with Gasteiger partial charge in [0.25, 0.3) is 0 Å². The van der Waals surface area contributed by atoms with Gasteiger partial charge in [-0.3, -0.25) is 24.2 Å². The Bertz CT molecular complexity index is 642. The summed E-state index contributed by atoms with van der Waals surface area (Å²) in [5.41, 5.74) is 0. The Morgan fingerprint density at radius 2 is 1.50 bits per heavy atom. The van der Waals surface area contributed by atoms with Crippen molar-refractivity contribution in [2.75, 3.05) is 53.9 Å². The van der Waals surface area contributed by atoms with Crippen molar-refractivity contribution in [3.63, 3.8) is 0 Å². The van der Waals surface area contributed by atoms with Crippen LogP contribution >= 0.6 is 0 Å². The van der Waals surface area contributed by atoms with E-state index in [2.05, 4.69) is 72.6 Å². The predicted octanol–water partition coefficient (Wildman–Crippen LogP) is 2.09. The van der Waals surface area contributed by atoms with Crippen molar-refractivity contribution in [2.45, 2.75) is 118 Å². The highest BCUT2D eigenvalue weighted by Gasteiger charge is 2.35. The number of likely N-dealkylation sites (tertiary alicyclic amines) is 1. The monoisotopic (exact) mass is 542 g/mol. The van der Waals surface area contributed by atoms with Crippen LogP contribution in [0.15, 0.2) is 0 Å². The molecule has 3 atom stereocenters. The number of nitrogens with zero attached hydrogens (tertiary/aromatic N) is 2. The van der Waals surface area contributed by atoms with Gasteiger partial charge in [-0.05, 0) is 95.4 Å². The van der Waals surface area contributed by atoms with Gasteiger partial charge in [-0.1, -0.05) is 13.8 Å². The zero-order chi connectivity index (χ0) is 29.8. The molecule has 38 heavy (non-hydrogen) atoms. The van der Waals surface area contributed by atoms with E-state index in [1.807, 2.05) is 21.1 Å². The first-order chi connectivity index (χ1) is 17.7. The molecular weight excluding hydrogens is 480 g/mol. The molecule has 9 nitrogen and oxygen atoms in total. The maximum atomic E-state index is 11.4. The van der Waals surface area contributed by atoms with E-state index in [0.717, 1.165) is 45.4 Å². The van der Waals surface area contributed by atoms with Crippen LogP contribution in [0.4, 0.5) is 0 Å². The first-order valence-electron chi connectivity index (χ1n) is 14.4. The second-order valence-corrected chi connectivity index (χ2v) is 11.2. The van der Waals surface area contributed by atoms with Crippen molar-refractivity contribution in [1.82, 2.24) is 31.1 Å². The minimum Gasteiger partial charge on any atom is -0.320 e. The van der Waals surface area contributed by atoms with Gasteiger partial charge in [-0.25, -0.2) is 0 Å². The molecule has 0 aliphatic carbocycles. The van der Waals surface area contributed by atoms with Gasteiger partial charge >= 0.3 is 0 Å². The van der Waals surface area contributed by atoms with Gasteiger partial charge in [0.15, 0.2) is 0 Å². The van der Waals surface area contributed by atoms with Crippen LogP contribution in [0.1, 0.15) is 81.6 Å². The molecule has 0 amide bonds. The Morgan fingerprint density at radius 1 is 0.921 bits per heavy atom. The zero-order valence-electron chi connectivity index (χ0n) is 26.7. The number of hydrogen-bond acceptors (Lipinski definition) is 9. The highest BCUT2D eigenvalue weighted by atomic mass is 16.1. The quantitative estimate of drug-likeness (QED) is 0.218. The Hall–Kier alpha value is -1.23. The van der Waals surface area contributed by atoms with Gasteiger partial charge in [-0.15, -0.1) is 0 Å². The van der Waals surface area contributed by atoms with Crippen LogP contribution in [0.5, 0.6) is 0 Å². The summed E-state index contributed by atoms with van der Waals surface area (Å²) >= 11 is 0. The third-order valence-electron chi connectivity index (χ3n) is 6.63. The van der Waals surface area contributed by atoms with Crippen molar-refractivity contribution in [1.29, 1.82) is 0 Å². The molecule has 1 fully saturated rings. The molecule has 0 aromatic heterocycles. The number of rotatable bonds is 16. The van der Waals surface area contributed by atoms with E-state index in [1.165, 1.54) is 0 Å². The molecule has 1 saturated heterocycles. The molecule has 0 radical (unpaired) electrons. The number of nitrogens with one attached hydrogen (secondary N) is 4. The summed E-state index contributed by atoms with van der Waals surface area (Å²) in [6.45, 7) is 22.0. The number of Topliss-reactive ketones (excluding diaryl/α,β-unsaturated/α-hetero) is 3. The van der Waals surface area contributed by atoms with Crippen LogP contribution in [-0.4, -0.2) is 117 Å². The molecule has 226 valence electrons. The van der Waals surface area contributed by atoms with Gasteiger partial charge in [0, 0.05) is 43.8 Å². The highest BCUT2D eigenvalue weighted by molar-refractivity contribution is 5.82. The Kier molecular flexibility index (Phi) is 23.1. The van der Waals surface area contributed by atoms with Crippen molar-refractivity contribution in [3.8, 4) is 0 Å². The summed E-state index contributed by atoms with van der Waals surface area (Å²) in [6.07, 6.45) is 2.93. The van der Waals surface area contributed by atoms with Gasteiger partial charge in [0.05, 0.1) is 18.6 Å². The standard InChI is InChI=1S/C10H20N2O.C10H22N2O.C9H20N2O/c1-7(2)12-6-9(11-4)5-10(12)8(3)13;1-8(2)12-10(9(3)13)6-5-7-11-4;1-8(2)11(6-5-10-4)7-9(3)12/h7,9-11H,5-6H2,1-4H3;8,10-12H,5-7H2,1-4H3;8,10H,5-7H2,1-4H3. The molecule has 0 spiro atoms. The molecule has 0 aromatic carbocycles. The van der Waals surface area contributed by atoms with Crippen molar-refractivity contribution < 1.29 is 14.4 Å². The van der Waals surface area contributed by atoms with Crippen LogP contribution in [-0.2, 0) is 14.4 Å². The van der Waals surface area contributed by atoms with Crippen LogP contribution in [0.2, 0.25) is 0 Å². The van der Waals surface area contributed by atoms with Crippen molar-refractivity contribution in [3.05, 3.63) is 0 Å². The Morgan fingerprint density at radius 3 is 1.84 bits per heavy atom. The minimum absolute atomic E-state index is 0.0355. The summed E-state index contributed by atoms with van der Waals surface area (Å²) in [6, 6.07) is 1.94. The van der Waals surface area contributed by atoms with E-state index in [4.69, 9.17) is 0 Å². The lowest BCUT2D eigenvalue weighted by atomic mass is 10.1. The fourth-order valence-electron chi connectivity index (χ4n) is 4.39. The lowest BCUT2D eigenvalue weighted by Crippen LogP contribution is -2.40. The predicted molar refractivity (Wildman–Crippen MR) is 161 cm³/mol. The van der Waals surface area contributed by atoms with Crippen LogP contribution in [0.3, 0.4) is 0 Å². The number of hydrogen-bond donors (Lipinski definition) is 4. The second kappa shape index (κ2) is 22.6. The third kappa shape index (κ3) is 18.9. The van der Waals surface area contributed by atoms with Crippen LogP contribution < -0.4 is 21.3 Å². The molecule has 1 rings (SSSR count). The minimum atomic E-state index is 0.0355. The van der Waals surface area contributed by atoms with E-state index >= 15 is 0 Å². The van der Waals surface area contributed by atoms with E-state index in [-0.39, 0.29) is 23.7 Å². The normalized spacial score (nSPS) is 18.3. The lowest BCUT2D eigenvalue weighted by molar-refractivity contribution is -0.122. The summed E-state index contributed by atoms with van der Waals surface area (Å²) in [7, 11) is 5.82. The fourth-order valence-corrected chi connectivity index (χ4v) is 4.39. The summed E-state index contributed by atoms with van der Waals surface area (Å²) in [4.78, 5) is 37.9. The molecule has 1 aliphatic rings.